The third-order valence-corrected chi connectivity index (χ3v) is 3.47. The van der Waals surface area contributed by atoms with Crippen LogP contribution in [-0.4, -0.2) is 37.2 Å². The Bertz CT molecular complexity index is 456. The second kappa shape index (κ2) is 7.24. The van der Waals surface area contributed by atoms with Gasteiger partial charge in [0.05, 0.1) is 0 Å². The first-order valence-electron chi connectivity index (χ1n) is 7.27. The van der Waals surface area contributed by atoms with Crippen molar-refractivity contribution in [2.24, 2.45) is 5.92 Å². The molecule has 0 radical (unpaired) electrons. The lowest BCUT2D eigenvalue weighted by Gasteiger charge is -2.22. The summed E-state index contributed by atoms with van der Waals surface area (Å²) in [4.78, 5) is 16.5. The molecule has 20 heavy (non-hydrogen) atoms. The quantitative estimate of drug-likeness (QED) is 0.864. The molecule has 5 nitrogen and oxygen atoms in total. The van der Waals surface area contributed by atoms with Gasteiger partial charge >= 0.3 is 0 Å². The highest BCUT2D eigenvalue weighted by Crippen LogP contribution is 2.14. The Morgan fingerprint density at radius 2 is 2.15 bits per heavy atom. The highest BCUT2D eigenvalue weighted by molar-refractivity contribution is 5.95. The van der Waals surface area contributed by atoms with Crippen molar-refractivity contribution >= 4 is 11.7 Å². The van der Waals surface area contributed by atoms with Crippen molar-refractivity contribution in [3.63, 3.8) is 0 Å². The number of pyridine rings is 1. The molecule has 2 rings (SSSR count). The number of ether oxygens (including phenoxy) is 1. The number of hydrogen-bond acceptors (Lipinski definition) is 4. The Labute approximate surface area is 120 Å². The van der Waals surface area contributed by atoms with Crippen LogP contribution in [0.5, 0.6) is 0 Å². The normalized spacial score (nSPS) is 15.9. The Morgan fingerprint density at radius 3 is 2.85 bits per heavy atom. The van der Waals surface area contributed by atoms with Crippen molar-refractivity contribution < 1.29 is 9.53 Å². The first-order valence-corrected chi connectivity index (χ1v) is 7.27. The van der Waals surface area contributed by atoms with Gasteiger partial charge in [-0.1, -0.05) is 0 Å². The second-order valence-corrected chi connectivity index (χ2v) is 5.18. The van der Waals surface area contributed by atoms with Gasteiger partial charge in [-0.3, -0.25) is 4.79 Å². The fourth-order valence-corrected chi connectivity index (χ4v) is 2.36. The number of hydrogen-bond donors (Lipinski definition) is 2. The van der Waals surface area contributed by atoms with Gasteiger partial charge in [0, 0.05) is 37.6 Å². The van der Waals surface area contributed by atoms with Crippen molar-refractivity contribution in [3.8, 4) is 0 Å². The zero-order valence-electron chi connectivity index (χ0n) is 12.2. The van der Waals surface area contributed by atoms with Gasteiger partial charge in [0.25, 0.3) is 5.91 Å². The number of aromatic nitrogens is 1. The lowest BCUT2D eigenvalue weighted by Crippen LogP contribution is -2.32. The summed E-state index contributed by atoms with van der Waals surface area (Å²) in [5.41, 5.74) is 1.51. The zero-order valence-corrected chi connectivity index (χ0v) is 12.2. The number of aryl methyl sites for hydroxylation is 1. The predicted octanol–water partition coefficient (Wildman–Crippen LogP) is 1.98. The van der Waals surface area contributed by atoms with E-state index in [1.807, 2.05) is 19.9 Å². The molecule has 0 aromatic carbocycles. The number of anilines is 1. The fraction of sp³-hybridized carbons (Fsp3) is 0.600. The molecule has 0 saturated carbocycles. The molecule has 2 heterocycles. The highest BCUT2D eigenvalue weighted by Gasteiger charge is 2.15. The molecule has 5 heteroatoms. The summed E-state index contributed by atoms with van der Waals surface area (Å²) in [6, 6.07) is 3.62. The molecular formula is C15H23N3O2. The average molecular weight is 277 g/mol. The molecule has 0 unspecified atom stereocenters. The van der Waals surface area contributed by atoms with Crippen LogP contribution in [-0.2, 0) is 4.74 Å². The fourth-order valence-electron chi connectivity index (χ4n) is 2.36. The Morgan fingerprint density at radius 1 is 1.40 bits per heavy atom. The van der Waals surface area contributed by atoms with Gasteiger partial charge in [0.2, 0.25) is 0 Å². The number of carbonyl (C=O) groups excluding carboxylic acids is 1. The molecule has 110 valence electrons. The first kappa shape index (κ1) is 14.8. The molecule has 0 atom stereocenters. The standard InChI is InChI=1S/C15H23N3O2/c1-3-16-14-9-13(8-11(2)18-14)15(19)17-10-12-4-6-20-7-5-12/h8-9,12H,3-7,10H2,1-2H3,(H,16,18)(H,17,19). The summed E-state index contributed by atoms with van der Waals surface area (Å²) < 4.78 is 5.32. The lowest BCUT2D eigenvalue weighted by atomic mass is 10.0. The molecule has 1 saturated heterocycles. The van der Waals surface area contributed by atoms with E-state index in [0.717, 1.165) is 50.7 Å². The van der Waals surface area contributed by atoms with Gasteiger partial charge in [-0.25, -0.2) is 4.98 Å². The molecule has 1 aromatic heterocycles. The van der Waals surface area contributed by atoms with Gasteiger partial charge in [-0.2, -0.15) is 0 Å². The SMILES string of the molecule is CCNc1cc(C(=O)NCC2CCOCC2)cc(C)n1. The van der Waals surface area contributed by atoms with Crippen LogP contribution >= 0.6 is 0 Å². The van der Waals surface area contributed by atoms with Gasteiger partial charge in [-0.15, -0.1) is 0 Å². The maximum absolute atomic E-state index is 12.2. The summed E-state index contributed by atoms with van der Waals surface area (Å²) >= 11 is 0. The third kappa shape index (κ3) is 4.20. The Balaban J connectivity index is 1.93. The maximum Gasteiger partial charge on any atom is 0.251 e. The molecule has 2 N–H and O–H groups in total. The molecule has 0 spiro atoms. The molecule has 0 bridgehead atoms. The third-order valence-electron chi connectivity index (χ3n) is 3.47. The average Bonchev–Trinajstić information content (AvgIpc) is 2.45. The van der Waals surface area contributed by atoms with Crippen molar-refractivity contribution in [3.05, 3.63) is 23.4 Å². The van der Waals surface area contributed by atoms with Crippen LogP contribution in [0.4, 0.5) is 5.82 Å². The van der Waals surface area contributed by atoms with E-state index in [1.54, 1.807) is 6.07 Å². The smallest absolute Gasteiger partial charge is 0.251 e. The Kier molecular flexibility index (Phi) is 5.35. The van der Waals surface area contributed by atoms with Crippen LogP contribution in [0.2, 0.25) is 0 Å². The Hall–Kier alpha value is -1.62. The molecule has 1 fully saturated rings. The summed E-state index contributed by atoms with van der Waals surface area (Å²) in [6.07, 6.45) is 2.05. The van der Waals surface area contributed by atoms with E-state index in [2.05, 4.69) is 15.6 Å². The summed E-state index contributed by atoms with van der Waals surface area (Å²) in [5.74, 6) is 1.26. The number of carbonyl (C=O) groups is 1. The van der Waals surface area contributed by atoms with Gasteiger partial charge in [0.15, 0.2) is 0 Å². The van der Waals surface area contributed by atoms with Crippen molar-refractivity contribution in [2.45, 2.75) is 26.7 Å². The zero-order chi connectivity index (χ0) is 14.4. The highest BCUT2D eigenvalue weighted by atomic mass is 16.5. The molecule has 1 aliphatic rings. The van der Waals surface area contributed by atoms with Crippen molar-refractivity contribution in [1.82, 2.24) is 10.3 Å². The first-order chi connectivity index (χ1) is 9.69. The lowest BCUT2D eigenvalue weighted by molar-refractivity contribution is 0.0642. The van der Waals surface area contributed by atoms with Crippen molar-refractivity contribution in [2.75, 3.05) is 31.6 Å². The number of nitrogens with one attached hydrogen (secondary N) is 2. The molecular weight excluding hydrogens is 254 g/mol. The minimum atomic E-state index is -0.0267. The van der Waals surface area contributed by atoms with E-state index in [0.29, 0.717) is 11.5 Å². The molecule has 1 aliphatic heterocycles. The van der Waals surface area contributed by atoms with Gasteiger partial charge in [0.1, 0.15) is 5.82 Å². The topological polar surface area (TPSA) is 63.2 Å². The number of rotatable bonds is 5. The monoisotopic (exact) mass is 277 g/mol. The number of nitrogens with zero attached hydrogens (tertiary/aromatic N) is 1. The van der Waals surface area contributed by atoms with Crippen LogP contribution in [0.15, 0.2) is 12.1 Å². The maximum atomic E-state index is 12.2. The minimum Gasteiger partial charge on any atom is -0.381 e. The number of amides is 1. The van der Waals surface area contributed by atoms with E-state index < -0.39 is 0 Å². The van der Waals surface area contributed by atoms with Crippen LogP contribution in [0.3, 0.4) is 0 Å². The van der Waals surface area contributed by atoms with E-state index in [4.69, 9.17) is 4.74 Å². The molecule has 1 aromatic rings. The predicted molar refractivity (Wildman–Crippen MR) is 79.0 cm³/mol. The van der Waals surface area contributed by atoms with Crippen molar-refractivity contribution in [1.29, 1.82) is 0 Å². The summed E-state index contributed by atoms with van der Waals surface area (Å²) in [7, 11) is 0. The van der Waals surface area contributed by atoms with Gasteiger partial charge in [-0.05, 0) is 44.7 Å². The van der Waals surface area contributed by atoms with E-state index in [-0.39, 0.29) is 5.91 Å². The van der Waals surface area contributed by atoms with Crippen LogP contribution in [0, 0.1) is 12.8 Å². The van der Waals surface area contributed by atoms with E-state index in [9.17, 15) is 4.79 Å². The molecule has 1 amide bonds. The van der Waals surface area contributed by atoms with E-state index >= 15 is 0 Å². The van der Waals surface area contributed by atoms with Crippen LogP contribution in [0.25, 0.3) is 0 Å². The largest absolute Gasteiger partial charge is 0.381 e. The summed E-state index contributed by atoms with van der Waals surface area (Å²) in [6.45, 7) is 7.03. The second-order valence-electron chi connectivity index (χ2n) is 5.18. The summed E-state index contributed by atoms with van der Waals surface area (Å²) in [5, 5.41) is 6.16. The molecule has 0 aliphatic carbocycles. The van der Waals surface area contributed by atoms with Crippen LogP contribution < -0.4 is 10.6 Å². The van der Waals surface area contributed by atoms with Crippen LogP contribution in [0.1, 0.15) is 35.8 Å². The minimum absolute atomic E-state index is 0.0267. The van der Waals surface area contributed by atoms with E-state index in [1.165, 1.54) is 0 Å². The van der Waals surface area contributed by atoms with Gasteiger partial charge < -0.3 is 15.4 Å².